The van der Waals surface area contributed by atoms with Gasteiger partial charge in [0.2, 0.25) is 0 Å². The Hall–Kier alpha value is -3.46. The maximum Gasteiger partial charge on any atom is 0.269 e. The highest BCUT2D eigenvalue weighted by atomic mass is 32.1. The number of aromatic nitrogens is 4. The van der Waals surface area contributed by atoms with Gasteiger partial charge in [-0.25, -0.2) is 4.98 Å². The number of ether oxygens (including phenoxy) is 1. The average molecular weight is 395 g/mol. The number of hydrogen-bond acceptors (Lipinski definition) is 6. The van der Waals surface area contributed by atoms with Crippen molar-refractivity contribution in [1.82, 2.24) is 25.1 Å². The average Bonchev–Trinajstić information content (AvgIpc) is 3.39. The van der Waals surface area contributed by atoms with E-state index < -0.39 is 0 Å². The highest BCUT2D eigenvalue weighted by molar-refractivity contribution is 7.16. The van der Waals surface area contributed by atoms with E-state index in [0.29, 0.717) is 40.4 Å². The molecule has 1 aromatic carbocycles. The lowest BCUT2D eigenvalue weighted by Gasteiger charge is -2.06. The zero-order chi connectivity index (χ0) is 19.5. The van der Waals surface area contributed by atoms with Gasteiger partial charge in [0, 0.05) is 18.7 Å². The van der Waals surface area contributed by atoms with Crippen LogP contribution in [0.3, 0.4) is 0 Å². The summed E-state index contributed by atoms with van der Waals surface area (Å²) in [6, 6.07) is 10.9. The SMILES string of the molecule is COc1ccccc1-c1cc(C(=O)NCCn2cnc3sccc3c2=O)[nH]n1. The molecule has 4 rings (SSSR count). The van der Waals surface area contributed by atoms with Crippen molar-refractivity contribution in [3.63, 3.8) is 0 Å². The first kappa shape index (κ1) is 17.9. The van der Waals surface area contributed by atoms with Crippen LogP contribution in [-0.4, -0.2) is 39.3 Å². The van der Waals surface area contributed by atoms with E-state index in [1.165, 1.54) is 22.2 Å². The van der Waals surface area contributed by atoms with Crippen LogP contribution in [-0.2, 0) is 6.54 Å². The molecule has 0 spiro atoms. The Morgan fingerprint density at radius 2 is 2.18 bits per heavy atom. The van der Waals surface area contributed by atoms with E-state index in [4.69, 9.17) is 4.74 Å². The number of fused-ring (bicyclic) bond motifs is 1. The summed E-state index contributed by atoms with van der Waals surface area (Å²) >= 11 is 1.43. The molecule has 9 heteroatoms. The Morgan fingerprint density at radius 1 is 1.32 bits per heavy atom. The number of nitrogens with one attached hydrogen (secondary N) is 2. The van der Waals surface area contributed by atoms with Crippen molar-refractivity contribution < 1.29 is 9.53 Å². The van der Waals surface area contributed by atoms with Gasteiger partial charge in [-0.15, -0.1) is 11.3 Å². The van der Waals surface area contributed by atoms with Crippen LogP contribution in [0.25, 0.3) is 21.5 Å². The number of rotatable bonds is 6. The molecule has 3 heterocycles. The predicted molar refractivity (Wildman–Crippen MR) is 107 cm³/mol. The minimum Gasteiger partial charge on any atom is -0.496 e. The van der Waals surface area contributed by atoms with E-state index >= 15 is 0 Å². The number of nitrogens with zero attached hydrogens (tertiary/aromatic N) is 3. The summed E-state index contributed by atoms with van der Waals surface area (Å²) in [5.41, 5.74) is 1.63. The zero-order valence-electron chi connectivity index (χ0n) is 15.0. The Bertz CT molecular complexity index is 1190. The molecule has 0 aliphatic heterocycles. The Kier molecular flexibility index (Phi) is 4.90. The molecule has 142 valence electrons. The van der Waals surface area contributed by atoms with Gasteiger partial charge in [0.25, 0.3) is 11.5 Å². The van der Waals surface area contributed by atoms with Crippen LogP contribution in [0.4, 0.5) is 0 Å². The van der Waals surface area contributed by atoms with Crippen LogP contribution in [0.2, 0.25) is 0 Å². The molecule has 0 radical (unpaired) electrons. The van der Waals surface area contributed by atoms with Crippen LogP contribution < -0.4 is 15.6 Å². The highest BCUT2D eigenvalue weighted by Crippen LogP contribution is 2.28. The van der Waals surface area contributed by atoms with Crippen molar-refractivity contribution in [1.29, 1.82) is 0 Å². The van der Waals surface area contributed by atoms with Gasteiger partial charge in [0.05, 0.1) is 24.5 Å². The fourth-order valence-electron chi connectivity index (χ4n) is 2.87. The quantitative estimate of drug-likeness (QED) is 0.522. The number of carbonyl (C=O) groups is 1. The van der Waals surface area contributed by atoms with Gasteiger partial charge >= 0.3 is 0 Å². The summed E-state index contributed by atoms with van der Waals surface area (Å²) in [5.74, 6) is 0.378. The lowest BCUT2D eigenvalue weighted by atomic mass is 10.1. The molecule has 0 aliphatic rings. The lowest BCUT2D eigenvalue weighted by Crippen LogP contribution is -2.31. The molecule has 0 aliphatic carbocycles. The number of carbonyl (C=O) groups excluding carboxylic acids is 1. The molecule has 0 bridgehead atoms. The van der Waals surface area contributed by atoms with E-state index in [1.807, 2.05) is 29.6 Å². The van der Waals surface area contributed by atoms with Gasteiger partial charge in [0.1, 0.15) is 16.3 Å². The molecule has 0 atom stereocenters. The van der Waals surface area contributed by atoms with Gasteiger partial charge in [-0.3, -0.25) is 19.3 Å². The second-order valence-corrected chi connectivity index (χ2v) is 6.90. The molecular formula is C19H17N5O3S. The molecule has 28 heavy (non-hydrogen) atoms. The smallest absolute Gasteiger partial charge is 0.269 e. The summed E-state index contributed by atoms with van der Waals surface area (Å²) in [5, 5.41) is 12.1. The number of aromatic amines is 1. The maximum absolute atomic E-state index is 12.4. The first-order chi connectivity index (χ1) is 13.7. The second-order valence-electron chi connectivity index (χ2n) is 6.01. The highest BCUT2D eigenvalue weighted by Gasteiger charge is 2.13. The summed E-state index contributed by atoms with van der Waals surface area (Å²) in [6.07, 6.45) is 1.50. The topological polar surface area (TPSA) is 102 Å². The van der Waals surface area contributed by atoms with Crippen LogP contribution >= 0.6 is 11.3 Å². The summed E-state index contributed by atoms with van der Waals surface area (Å²) in [6.45, 7) is 0.621. The van der Waals surface area contributed by atoms with Crippen molar-refractivity contribution in [2.45, 2.75) is 6.54 Å². The van der Waals surface area contributed by atoms with Crippen LogP contribution in [0.1, 0.15) is 10.5 Å². The Morgan fingerprint density at radius 3 is 3.04 bits per heavy atom. The van der Waals surface area contributed by atoms with E-state index in [-0.39, 0.29) is 11.5 Å². The first-order valence-electron chi connectivity index (χ1n) is 8.57. The number of amides is 1. The van der Waals surface area contributed by atoms with E-state index in [0.717, 1.165) is 5.56 Å². The molecule has 0 saturated heterocycles. The predicted octanol–water partition coefficient (Wildman–Crippen LogP) is 2.29. The van der Waals surface area contributed by atoms with Crippen molar-refractivity contribution in [2.75, 3.05) is 13.7 Å². The van der Waals surface area contributed by atoms with Crippen molar-refractivity contribution >= 4 is 27.5 Å². The van der Waals surface area contributed by atoms with Crippen molar-refractivity contribution in [3.8, 4) is 17.0 Å². The summed E-state index contributed by atoms with van der Waals surface area (Å²) in [7, 11) is 1.59. The lowest BCUT2D eigenvalue weighted by molar-refractivity contribution is 0.0947. The maximum atomic E-state index is 12.4. The van der Waals surface area contributed by atoms with Crippen LogP contribution in [0, 0.1) is 0 Å². The zero-order valence-corrected chi connectivity index (χ0v) is 15.8. The molecule has 1 amide bonds. The molecule has 0 saturated carbocycles. The third-order valence-electron chi connectivity index (χ3n) is 4.29. The van der Waals surface area contributed by atoms with Gasteiger partial charge < -0.3 is 10.1 Å². The van der Waals surface area contributed by atoms with E-state index in [2.05, 4.69) is 20.5 Å². The number of H-pyrrole nitrogens is 1. The summed E-state index contributed by atoms with van der Waals surface area (Å²) in [4.78, 5) is 29.7. The standard InChI is InChI=1S/C19H17N5O3S/c1-27-16-5-3-2-4-12(16)14-10-15(23-22-14)17(25)20-7-8-24-11-21-18-13(19(24)26)6-9-28-18/h2-6,9-11H,7-8H2,1H3,(H,20,25)(H,22,23). The normalized spacial score (nSPS) is 10.9. The first-order valence-corrected chi connectivity index (χ1v) is 9.45. The number of methoxy groups -OCH3 is 1. The number of hydrogen-bond donors (Lipinski definition) is 2. The number of para-hydroxylation sites is 1. The van der Waals surface area contributed by atoms with E-state index in [9.17, 15) is 9.59 Å². The third kappa shape index (κ3) is 3.39. The molecule has 0 fully saturated rings. The fourth-order valence-corrected chi connectivity index (χ4v) is 3.59. The van der Waals surface area contributed by atoms with Crippen LogP contribution in [0.15, 0.2) is 52.9 Å². The molecule has 8 nitrogen and oxygen atoms in total. The monoisotopic (exact) mass is 395 g/mol. The van der Waals surface area contributed by atoms with Crippen molar-refractivity contribution in [3.05, 3.63) is 64.2 Å². The molecule has 2 N–H and O–H groups in total. The number of benzene rings is 1. The minimum absolute atomic E-state index is 0.111. The van der Waals surface area contributed by atoms with Gasteiger partial charge in [-0.2, -0.15) is 5.10 Å². The van der Waals surface area contributed by atoms with Gasteiger partial charge in [-0.05, 0) is 29.6 Å². The van der Waals surface area contributed by atoms with Crippen LogP contribution in [0.5, 0.6) is 5.75 Å². The summed E-state index contributed by atoms with van der Waals surface area (Å²) < 4.78 is 6.82. The Labute approximate surface area is 163 Å². The number of thiophene rings is 1. The van der Waals surface area contributed by atoms with E-state index in [1.54, 1.807) is 19.2 Å². The molecule has 3 aromatic heterocycles. The largest absolute Gasteiger partial charge is 0.496 e. The van der Waals surface area contributed by atoms with Gasteiger partial charge in [0.15, 0.2) is 0 Å². The van der Waals surface area contributed by atoms with Gasteiger partial charge in [-0.1, -0.05) is 12.1 Å². The molecule has 0 unspecified atom stereocenters. The third-order valence-corrected chi connectivity index (χ3v) is 5.11. The molecule has 4 aromatic rings. The molecular weight excluding hydrogens is 378 g/mol. The second kappa shape index (κ2) is 7.65. The van der Waals surface area contributed by atoms with Crippen molar-refractivity contribution in [2.24, 2.45) is 0 Å². The minimum atomic E-state index is -0.300. The Balaban J connectivity index is 1.42. The fraction of sp³-hybridized carbons (Fsp3) is 0.158.